The first kappa shape index (κ1) is 15.0. The van der Waals surface area contributed by atoms with Crippen molar-refractivity contribution in [2.75, 3.05) is 32.1 Å². The summed E-state index contributed by atoms with van der Waals surface area (Å²) in [5.74, 6) is -0.127. The van der Waals surface area contributed by atoms with Crippen LogP contribution in [0.3, 0.4) is 0 Å². The molecule has 2 aromatic rings. The van der Waals surface area contributed by atoms with Crippen LogP contribution in [-0.2, 0) is 9.53 Å². The number of rotatable bonds is 7. The van der Waals surface area contributed by atoms with Crippen LogP contribution in [0.4, 0.5) is 5.69 Å². The zero-order valence-corrected chi connectivity index (χ0v) is 11.8. The minimum absolute atomic E-state index is 0.127. The molecule has 1 amide bonds. The molecule has 3 N–H and O–H groups in total. The molecule has 0 saturated carbocycles. The summed E-state index contributed by atoms with van der Waals surface area (Å²) < 4.78 is 6.36. The van der Waals surface area contributed by atoms with Crippen LogP contribution in [0, 0.1) is 0 Å². The average Bonchev–Trinajstić information content (AvgIpc) is 2.91. The third-order valence-electron chi connectivity index (χ3n) is 2.85. The van der Waals surface area contributed by atoms with Crippen LogP contribution in [0.25, 0.3) is 5.69 Å². The van der Waals surface area contributed by atoms with Crippen LogP contribution >= 0.6 is 0 Å². The summed E-state index contributed by atoms with van der Waals surface area (Å²) in [5, 5.41) is 5.73. The Balaban J connectivity index is 1.89. The van der Waals surface area contributed by atoms with Gasteiger partial charge in [-0.15, -0.1) is 0 Å². The number of imidazole rings is 1. The first-order valence-electron chi connectivity index (χ1n) is 6.56. The lowest BCUT2D eigenvalue weighted by atomic mass is 10.2. The Morgan fingerprint density at radius 1 is 1.33 bits per heavy atom. The van der Waals surface area contributed by atoms with Crippen LogP contribution in [0.2, 0.25) is 0 Å². The molecule has 0 bridgehead atoms. The Labute approximate surface area is 121 Å². The second kappa shape index (κ2) is 7.41. The van der Waals surface area contributed by atoms with Gasteiger partial charge in [-0.25, -0.2) is 4.79 Å². The summed E-state index contributed by atoms with van der Waals surface area (Å²) in [7, 11) is 1.61. The molecule has 0 unspecified atom stereocenters. The van der Waals surface area contributed by atoms with Crippen molar-refractivity contribution in [3.8, 4) is 5.69 Å². The Morgan fingerprint density at radius 2 is 2.10 bits per heavy atom. The number of amides is 1. The number of anilines is 1. The highest BCUT2D eigenvalue weighted by molar-refractivity contribution is 5.92. The van der Waals surface area contributed by atoms with Crippen LogP contribution in [-0.4, -0.2) is 42.3 Å². The van der Waals surface area contributed by atoms with Crippen molar-refractivity contribution in [3.63, 3.8) is 0 Å². The Morgan fingerprint density at radius 3 is 2.71 bits per heavy atom. The highest BCUT2D eigenvalue weighted by Gasteiger charge is 2.03. The fourth-order valence-corrected chi connectivity index (χ4v) is 1.81. The lowest BCUT2D eigenvalue weighted by Crippen LogP contribution is -2.30. The molecule has 0 aliphatic carbocycles. The van der Waals surface area contributed by atoms with E-state index in [1.165, 1.54) is 4.57 Å². The van der Waals surface area contributed by atoms with Crippen LogP contribution in [0.15, 0.2) is 41.5 Å². The number of nitrogens with one attached hydrogen (secondary N) is 3. The predicted molar refractivity (Wildman–Crippen MR) is 79.8 cm³/mol. The van der Waals surface area contributed by atoms with Crippen molar-refractivity contribution >= 4 is 11.6 Å². The van der Waals surface area contributed by atoms with Crippen molar-refractivity contribution in [2.24, 2.45) is 0 Å². The molecule has 0 aliphatic heterocycles. The molecule has 7 heteroatoms. The highest BCUT2D eigenvalue weighted by atomic mass is 16.5. The second-order valence-electron chi connectivity index (χ2n) is 4.40. The summed E-state index contributed by atoms with van der Waals surface area (Å²) in [6.45, 7) is 1.41. The molecule has 21 heavy (non-hydrogen) atoms. The van der Waals surface area contributed by atoms with Gasteiger partial charge in [-0.3, -0.25) is 9.36 Å². The minimum Gasteiger partial charge on any atom is -0.383 e. The van der Waals surface area contributed by atoms with Gasteiger partial charge in [0, 0.05) is 31.7 Å². The van der Waals surface area contributed by atoms with Gasteiger partial charge in [-0.2, -0.15) is 0 Å². The van der Waals surface area contributed by atoms with Gasteiger partial charge in [0.1, 0.15) is 0 Å². The van der Waals surface area contributed by atoms with E-state index in [0.717, 1.165) is 5.69 Å². The van der Waals surface area contributed by atoms with Crippen molar-refractivity contribution in [2.45, 2.75) is 0 Å². The molecule has 0 aliphatic rings. The molecule has 0 fully saturated rings. The number of H-pyrrole nitrogens is 1. The summed E-state index contributed by atoms with van der Waals surface area (Å²) in [5.41, 5.74) is 1.22. The van der Waals surface area contributed by atoms with Crippen LogP contribution < -0.4 is 16.3 Å². The number of hydrogen-bond acceptors (Lipinski definition) is 4. The van der Waals surface area contributed by atoms with Gasteiger partial charge in [0.25, 0.3) is 0 Å². The fourth-order valence-electron chi connectivity index (χ4n) is 1.81. The van der Waals surface area contributed by atoms with E-state index in [-0.39, 0.29) is 18.1 Å². The SMILES string of the molecule is COCCNCC(=O)Nc1ccc(-n2cc[nH]c2=O)cc1. The van der Waals surface area contributed by atoms with E-state index in [1.54, 1.807) is 43.8 Å². The average molecular weight is 290 g/mol. The summed E-state index contributed by atoms with van der Waals surface area (Å²) >= 11 is 0. The van der Waals surface area contributed by atoms with Crippen LogP contribution in [0.5, 0.6) is 0 Å². The van der Waals surface area contributed by atoms with Crippen LogP contribution in [0.1, 0.15) is 0 Å². The van der Waals surface area contributed by atoms with Gasteiger partial charge in [-0.1, -0.05) is 0 Å². The first-order valence-corrected chi connectivity index (χ1v) is 6.56. The van der Waals surface area contributed by atoms with Crippen molar-refractivity contribution in [1.29, 1.82) is 0 Å². The molecule has 7 nitrogen and oxygen atoms in total. The molecule has 1 heterocycles. The van der Waals surface area contributed by atoms with Gasteiger partial charge >= 0.3 is 5.69 Å². The van der Waals surface area contributed by atoms with Gasteiger partial charge in [0.15, 0.2) is 0 Å². The van der Waals surface area contributed by atoms with E-state index in [2.05, 4.69) is 15.6 Å². The molecular weight excluding hydrogens is 272 g/mol. The van der Waals surface area contributed by atoms with E-state index < -0.39 is 0 Å². The number of hydrogen-bond donors (Lipinski definition) is 3. The maximum absolute atomic E-state index is 11.7. The zero-order chi connectivity index (χ0) is 15.1. The molecule has 0 saturated heterocycles. The second-order valence-corrected chi connectivity index (χ2v) is 4.40. The molecule has 0 spiro atoms. The molecule has 0 atom stereocenters. The number of aromatic nitrogens is 2. The highest BCUT2D eigenvalue weighted by Crippen LogP contribution is 2.11. The monoisotopic (exact) mass is 290 g/mol. The van der Waals surface area contributed by atoms with Crippen molar-refractivity contribution in [1.82, 2.24) is 14.9 Å². The van der Waals surface area contributed by atoms with Gasteiger partial charge < -0.3 is 20.4 Å². The zero-order valence-electron chi connectivity index (χ0n) is 11.8. The third kappa shape index (κ3) is 4.30. The van der Waals surface area contributed by atoms with Crippen molar-refractivity contribution < 1.29 is 9.53 Å². The van der Waals surface area contributed by atoms with Gasteiger partial charge in [-0.05, 0) is 24.3 Å². The standard InChI is InChI=1S/C14H18N4O3/c1-21-9-7-15-10-13(19)17-11-2-4-12(5-3-11)18-8-6-16-14(18)20/h2-6,8,15H,7,9-10H2,1H3,(H,16,20)(H,17,19). The molecule has 1 aromatic carbocycles. The van der Waals surface area contributed by atoms with E-state index in [9.17, 15) is 9.59 Å². The molecule has 1 aromatic heterocycles. The maximum Gasteiger partial charge on any atom is 0.330 e. The largest absolute Gasteiger partial charge is 0.383 e. The summed E-state index contributed by atoms with van der Waals surface area (Å²) in [6, 6.07) is 7.04. The number of ether oxygens (including phenoxy) is 1. The lowest BCUT2D eigenvalue weighted by Gasteiger charge is -2.07. The topological polar surface area (TPSA) is 88.2 Å². The summed E-state index contributed by atoms with van der Waals surface area (Å²) in [6.07, 6.45) is 3.22. The van der Waals surface area contributed by atoms with Gasteiger partial charge in [0.05, 0.1) is 18.8 Å². The Bertz CT molecular complexity index is 630. The smallest absolute Gasteiger partial charge is 0.330 e. The van der Waals surface area contributed by atoms with Crippen molar-refractivity contribution in [3.05, 3.63) is 47.1 Å². The van der Waals surface area contributed by atoms with E-state index >= 15 is 0 Å². The fraction of sp³-hybridized carbons (Fsp3) is 0.286. The molecule has 0 radical (unpaired) electrons. The quantitative estimate of drug-likeness (QED) is 0.642. The lowest BCUT2D eigenvalue weighted by molar-refractivity contribution is -0.115. The van der Waals surface area contributed by atoms with E-state index in [1.807, 2.05) is 0 Å². The number of nitrogens with zero attached hydrogens (tertiary/aromatic N) is 1. The van der Waals surface area contributed by atoms with Gasteiger partial charge in [0.2, 0.25) is 5.91 Å². The molecule has 112 valence electrons. The normalized spacial score (nSPS) is 10.5. The Hall–Kier alpha value is -2.38. The molecule has 2 rings (SSSR count). The molecular formula is C14H18N4O3. The number of methoxy groups -OCH3 is 1. The first-order chi connectivity index (χ1) is 10.2. The number of carbonyl (C=O) groups is 1. The minimum atomic E-state index is -0.200. The number of benzene rings is 1. The third-order valence-corrected chi connectivity index (χ3v) is 2.85. The van der Waals surface area contributed by atoms with E-state index in [4.69, 9.17) is 4.74 Å². The number of aromatic amines is 1. The maximum atomic E-state index is 11.7. The number of carbonyl (C=O) groups excluding carboxylic acids is 1. The Kier molecular flexibility index (Phi) is 5.30. The van der Waals surface area contributed by atoms with E-state index in [0.29, 0.717) is 18.8 Å². The summed E-state index contributed by atoms with van der Waals surface area (Å²) in [4.78, 5) is 25.7. The predicted octanol–water partition coefficient (Wildman–Crippen LogP) is 0.340.